The van der Waals surface area contributed by atoms with Crippen molar-refractivity contribution in [3.63, 3.8) is 0 Å². The Morgan fingerprint density at radius 2 is 1.84 bits per heavy atom. The molecule has 1 aliphatic heterocycles. The maximum absolute atomic E-state index is 12.9. The van der Waals surface area contributed by atoms with E-state index < -0.39 is 10.0 Å². The minimum absolute atomic E-state index is 0.0827. The first-order chi connectivity index (χ1) is 14.9. The number of nitrogens with zero attached hydrogens (tertiary/aromatic N) is 1. The molecular formula is C22H30N4O4S. The van der Waals surface area contributed by atoms with Gasteiger partial charge in [0.05, 0.1) is 5.69 Å². The predicted molar refractivity (Wildman–Crippen MR) is 121 cm³/mol. The molecule has 0 spiro atoms. The number of rotatable bonds is 9. The zero-order chi connectivity index (χ0) is 22.3. The van der Waals surface area contributed by atoms with Crippen molar-refractivity contribution in [2.45, 2.75) is 43.9 Å². The van der Waals surface area contributed by atoms with Crippen LogP contribution in [0.2, 0.25) is 0 Å². The molecule has 0 radical (unpaired) electrons. The van der Waals surface area contributed by atoms with Crippen LogP contribution in [0, 0.1) is 0 Å². The molecule has 1 aliphatic rings. The van der Waals surface area contributed by atoms with Crippen molar-refractivity contribution in [3.8, 4) is 11.5 Å². The molecule has 0 aromatic heterocycles. The van der Waals surface area contributed by atoms with Gasteiger partial charge >= 0.3 is 0 Å². The Morgan fingerprint density at radius 3 is 2.48 bits per heavy atom. The van der Waals surface area contributed by atoms with Crippen molar-refractivity contribution in [1.82, 2.24) is 10.4 Å². The number of carbonyl (C=O) groups excluding carboxylic acids is 1. The van der Waals surface area contributed by atoms with Crippen molar-refractivity contribution >= 4 is 21.6 Å². The van der Waals surface area contributed by atoms with Gasteiger partial charge in [-0.3, -0.25) is 10.2 Å². The summed E-state index contributed by atoms with van der Waals surface area (Å²) < 4.78 is 30.8. The van der Waals surface area contributed by atoms with Crippen LogP contribution in [0.5, 0.6) is 11.5 Å². The minimum Gasteiger partial charge on any atom is -0.454 e. The first-order valence-electron chi connectivity index (χ1n) is 10.6. The highest BCUT2D eigenvalue weighted by Gasteiger charge is 2.24. The third-order valence-electron chi connectivity index (χ3n) is 5.05. The van der Waals surface area contributed by atoms with E-state index in [9.17, 15) is 13.2 Å². The van der Waals surface area contributed by atoms with Crippen LogP contribution in [-0.4, -0.2) is 39.0 Å². The Labute approximate surface area is 183 Å². The lowest BCUT2D eigenvalue weighted by Gasteiger charge is -2.27. The lowest BCUT2D eigenvalue weighted by molar-refractivity contribution is 0.0750. The van der Waals surface area contributed by atoms with Gasteiger partial charge in [0.1, 0.15) is 10.6 Å². The van der Waals surface area contributed by atoms with Gasteiger partial charge in [-0.1, -0.05) is 38.0 Å². The number of nitrogens with two attached hydrogens (primary N) is 1. The second-order valence-electron chi connectivity index (χ2n) is 7.58. The Balaban J connectivity index is 2.00. The summed E-state index contributed by atoms with van der Waals surface area (Å²) in [4.78, 5) is 12.7. The number of benzene rings is 2. The number of nitrogens with one attached hydrogen (secondary N) is 2. The second kappa shape index (κ2) is 10.6. The summed E-state index contributed by atoms with van der Waals surface area (Å²) in [6, 6.07) is 11.7. The molecule has 0 bridgehead atoms. The number of anilines is 1. The molecule has 4 N–H and O–H groups in total. The number of primary sulfonamides is 1. The van der Waals surface area contributed by atoms with Crippen molar-refractivity contribution in [3.05, 3.63) is 48.0 Å². The number of sulfonamides is 1. The van der Waals surface area contributed by atoms with Gasteiger partial charge in [0.25, 0.3) is 5.91 Å². The van der Waals surface area contributed by atoms with Gasteiger partial charge in [0, 0.05) is 25.2 Å². The molecule has 0 unspecified atom stereocenters. The second-order valence-corrected chi connectivity index (χ2v) is 9.11. The number of hydrogen-bond acceptors (Lipinski definition) is 6. The van der Waals surface area contributed by atoms with E-state index in [1.54, 1.807) is 30.3 Å². The summed E-state index contributed by atoms with van der Waals surface area (Å²) in [6.45, 7) is 4.19. The van der Waals surface area contributed by atoms with E-state index in [0.29, 0.717) is 18.0 Å². The Bertz CT molecular complexity index is 990. The topological polar surface area (TPSA) is 114 Å². The molecule has 3 rings (SSSR count). The highest BCUT2D eigenvalue weighted by Crippen LogP contribution is 2.37. The maximum atomic E-state index is 12.9. The molecule has 0 atom stereocenters. The van der Waals surface area contributed by atoms with Crippen LogP contribution in [0.25, 0.3) is 0 Å². The summed E-state index contributed by atoms with van der Waals surface area (Å²) in [5.74, 6) is 0.174. The van der Waals surface area contributed by atoms with Crippen LogP contribution in [0.1, 0.15) is 49.4 Å². The van der Waals surface area contributed by atoms with E-state index >= 15 is 0 Å². The number of hydrogen-bond donors (Lipinski definition) is 3. The minimum atomic E-state index is -4.15. The third kappa shape index (κ3) is 6.43. The van der Waals surface area contributed by atoms with Gasteiger partial charge in [0.15, 0.2) is 5.75 Å². The lowest BCUT2D eigenvalue weighted by atomic mass is 10.1. The van der Waals surface area contributed by atoms with Crippen molar-refractivity contribution in [2.75, 3.05) is 25.0 Å². The molecule has 1 fully saturated rings. The molecule has 9 heteroatoms. The lowest BCUT2D eigenvalue weighted by Crippen LogP contribution is -2.45. The van der Waals surface area contributed by atoms with Crippen LogP contribution >= 0.6 is 0 Å². The van der Waals surface area contributed by atoms with E-state index in [1.165, 1.54) is 6.07 Å². The average Bonchev–Trinajstić information content (AvgIpc) is 2.75. The molecule has 31 heavy (non-hydrogen) atoms. The van der Waals surface area contributed by atoms with Gasteiger partial charge in [-0.15, -0.1) is 0 Å². The van der Waals surface area contributed by atoms with Crippen LogP contribution in [-0.2, 0) is 10.0 Å². The van der Waals surface area contributed by atoms with E-state index in [1.807, 2.05) is 11.1 Å². The maximum Gasteiger partial charge on any atom is 0.265 e. The molecule has 0 aliphatic carbocycles. The zero-order valence-electron chi connectivity index (χ0n) is 17.8. The molecule has 1 heterocycles. The molecule has 2 aromatic carbocycles. The third-order valence-corrected chi connectivity index (χ3v) is 5.96. The van der Waals surface area contributed by atoms with Gasteiger partial charge in [0.2, 0.25) is 10.0 Å². The quantitative estimate of drug-likeness (QED) is 0.508. The number of ether oxygens (including phenoxy) is 1. The van der Waals surface area contributed by atoms with E-state index in [-0.39, 0.29) is 22.1 Å². The van der Waals surface area contributed by atoms with E-state index in [0.717, 1.165) is 45.2 Å². The van der Waals surface area contributed by atoms with Gasteiger partial charge in [-0.05, 0) is 43.5 Å². The molecular weight excluding hydrogens is 416 g/mol. The molecule has 8 nitrogen and oxygen atoms in total. The van der Waals surface area contributed by atoms with Crippen LogP contribution in [0.15, 0.2) is 47.4 Å². The fourth-order valence-electron chi connectivity index (χ4n) is 3.40. The van der Waals surface area contributed by atoms with Crippen molar-refractivity contribution in [2.24, 2.45) is 5.14 Å². The molecule has 1 amide bonds. The van der Waals surface area contributed by atoms with Crippen molar-refractivity contribution < 1.29 is 17.9 Å². The first kappa shape index (κ1) is 23.1. The van der Waals surface area contributed by atoms with Gasteiger partial charge in [-0.25, -0.2) is 18.6 Å². The summed E-state index contributed by atoms with van der Waals surface area (Å²) in [7, 11) is -4.15. The Hall–Kier alpha value is -2.62. The number of piperidine rings is 1. The highest BCUT2D eigenvalue weighted by atomic mass is 32.2. The summed E-state index contributed by atoms with van der Waals surface area (Å²) in [6.07, 6.45) is 4.99. The van der Waals surface area contributed by atoms with Gasteiger partial charge < -0.3 is 10.1 Å². The monoisotopic (exact) mass is 446 g/mol. The highest BCUT2D eigenvalue weighted by molar-refractivity contribution is 7.89. The fourth-order valence-corrected chi connectivity index (χ4v) is 4.10. The molecule has 2 aromatic rings. The predicted octanol–water partition coefficient (Wildman–Crippen LogP) is 3.47. The Morgan fingerprint density at radius 1 is 1.13 bits per heavy atom. The summed E-state index contributed by atoms with van der Waals surface area (Å²) in [5, 5.41) is 10.6. The number of amides is 1. The molecule has 1 saturated heterocycles. The normalized spacial score (nSPS) is 14.8. The first-order valence-corrected chi connectivity index (χ1v) is 12.2. The fraction of sp³-hybridized carbons (Fsp3) is 0.409. The standard InChI is InChI=1S/C22H30N4O4S/c1-2-3-12-24-19-15-17(22(27)25-26-13-8-5-9-14-26)16-20(31(23,28)29)21(19)30-18-10-6-4-7-11-18/h4,6-7,10-11,15-16,24H,2-3,5,8-9,12-14H2,1H3,(H,25,27)(H2,23,28,29). The smallest absolute Gasteiger partial charge is 0.265 e. The Kier molecular flexibility index (Phi) is 7.89. The molecule has 0 saturated carbocycles. The summed E-state index contributed by atoms with van der Waals surface area (Å²) in [5.41, 5.74) is 3.48. The number of para-hydroxylation sites is 1. The largest absolute Gasteiger partial charge is 0.454 e. The van der Waals surface area contributed by atoms with E-state index in [2.05, 4.69) is 17.7 Å². The molecule has 168 valence electrons. The van der Waals surface area contributed by atoms with Crippen molar-refractivity contribution in [1.29, 1.82) is 0 Å². The van der Waals surface area contributed by atoms with Crippen LogP contribution in [0.4, 0.5) is 5.69 Å². The number of hydrazine groups is 1. The van der Waals surface area contributed by atoms with Crippen LogP contribution in [0.3, 0.4) is 0 Å². The van der Waals surface area contributed by atoms with E-state index in [4.69, 9.17) is 9.88 Å². The number of carbonyl (C=O) groups is 1. The zero-order valence-corrected chi connectivity index (χ0v) is 18.6. The van der Waals surface area contributed by atoms with Gasteiger partial charge in [-0.2, -0.15) is 0 Å². The SMILES string of the molecule is CCCCNc1cc(C(=O)NN2CCCCC2)cc(S(N)(=O)=O)c1Oc1ccccc1. The summed E-state index contributed by atoms with van der Waals surface area (Å²) >= 11 is 0. The van der Waals surface area contributed by atoms with Crippen LogP contribution < -0.4 is 20.6 Å². The number of unbranched alkanes of at least 4 members (excludes halogenated alkanes) is 1. The average molecular weight is 447 g/mol.